The Bertz CT molecular complexity index is 464. The van der Waals surface area contributed by atoms with Gasteiger partial charge >= 0.3 is 5.97 Å². The molecule has 1 aromatic heterocycles. The van der Waals surface area contributed by atoms with Crippen molar-refractivity contribution >= 4 is 5.97 Å². The number of hydrogen-bond donors (Lipinski definition) is 1. The number of hydrogen-bond acceptors (Lipinski definition) is 5. The number of aliphatic carboxylic acids is 1. The highest BCUT2D eigenvalue weighted by molar-refractivity contribution is 5.66. The fourth-order valence-electron chi connectivity index (χ4n) is 2.43. The molecule has 0 bridgehead atoms. The molecule has 6 nitrogen and oxygen atoms in total. The van der Waals surface area contributed by atoms with Crippen LogP contribution in [0.1, 0.15) is 51.7 Å². The quantitative estimate of drug-likeness (QED) is 0.890. The van der Waals surface area contributed by atoms with Crippen LogP contribution in [0, 0.1) is 5.92 Å². The fourth-order valence-corrected chi connectivity index (χ4v) is 2.43. The van der Waals surface area contributed by atoms with Gasteiger partial charge in [0.25, 0.3) is 0 Å². The van der Waals surface area contributed by atoms with Gasteiger partial charge in [-0.25, -0.2) is 0 Å². The minimum absolute atomic E-state index is 0.100. The van der Waals surface area contributed by atoms with Gasteiger partial charge < -0.3 is 9.63 Å². The number of carboxylic acids is 1. The van der Waals surface area contributed by atoms with Gasteiger partial charge in [0.05, 0.1) is 6.54 Å². The van der Waals surface area contributed by atoms with Gasteiger partial charge in [0, 0.05) is 18.4 Å². The van der Waals surface area contributed by atoms with E-state index < -0.39 is 5.97 Å². The third-order valence-electron chi connectivity index (χ3n) is 3.63. The van der Waals surface area contributed by atoms with Gasteiger partial charge in [0.1, 0.15) is 0 Å². The van der Waals surface area contributed by atoms with Crippen LogP contribution in [0.5, 0.6) is 0 Å². The smallest absolute Gasteiger partial charge is 0.303 e. The highest BCUT2D eigenvalue weighted by Crippen LogP contribution is 2.23. The van der Waals surface area contributed by atoms with Gasteiger partial charge in [0.2, 0.25) is 5.89 Å². The Labute approximate surface area is 119 Å². The molecule has 0 amide bonds. The molecule has 0 radical (unpaired) electrons. The molecule has 1 atom stereocenters. The maximum absolute atomic E-state index is 10.6. The standard InChI is InChI=1S/C14H23N3O3/c1-14(2,3)13-15-11(20-16-13)9-17-7-6-10(8-17)4-5-12(18)19/h10H,4-9H2,1-3H3,(H,18,19). The summed E-state index contributed by atoms with van der Waals surface area (Å²) in [4.78, 5) is 17.3. The number of rotatable bonds is 5. The van der Waals surface area contributed by atoms with Gasteiger partial charge in [-0.2, -0.15) is 4.98 Å². The van der Waals surface area contributed by atoms with E-state index >= 15 is 0 Å². The minimum Gasteiger partial charge on any atom is -0.481 e. The Morgan fingerprint density at radius 2 is 2.25 bits per heavy atom. The number of likely N-dealkylation sites (tertiary alicyclic amines) is 1. The van der Waals surface area contributed by atoms with E-state index in [1.807, 2.05) is 0 Å². The van der Waals surface area contributed by atoms with Crippen LogP contribution in [0.3, 0.4) is 0 Å². The molecule has 1 saturated heterocycles. The zero-order chi connectivity index (χ0) is 14.8. The van der Waals surface area contributed by atoms with Gasteiger partial charge in [-0.15, -0.1) is 0 Å². The van der Waals surface area contributed by atoms with E-state index in [2.05, 4.69) is 35.8 Å². The molecule has 1 aliphatic heterocycles. The zero-order valence-corrected chi connectivity index (χ0v) is 12.4. The summed E-state index contributed by atoms with van der Waals surface area (Å²) < 4.78 is 5.29. The Kier molecular flexibility index (Phi) is 4.42. The summed E-state index contributed by atoms with van der Waals surface area (Å²) in [7, 11) is 0. The van der Waals surface area contributed by atoms with Crippen LogP contribution in [-0.4, -0.2) is 39.2 Å². The molecular weight excluding hydrogens is 258 g/mol. The third kappa shape index (κ3) is 4.03. The molecule has 20 heavy (non-hydrogen) atoms. The molecule has 6 heteroatoms. The van der Waals surface area contributed by atoms with E-state index in [4.69, 9.17) is 9.63 Å². The lowest BCUT2D eigenvalue weighted by molar-refractivity contribution is -0.137. The Hall–Kier alpha value is -1.43. The molecule has 1 aliphatic rings. The van der Waals surface area contributed by atoms with Crippen LogP contribution in [-0.2, 0) is 16.8 Å². The zero-order valence-electron chi connectivity index (χ0n) is 12.4. The van der Waals surface area contributed by atoms with Crippen molar-refractivity contribution < 1.29 is 14.4 Å². The largest absolute Gasteiger partial charge is 0.481 e. The van der Waals surface area contributed by atoms with Crippen molar-refractivity contribution in [2.75, 3.05) is 13.1 Å². The van der Waals surface area contributed by atoms with Crippen LogP contribution in [0.15, 0.2) is 4.52 Å². The van der Waals surface area contributed by atoms with Crippen LogP contribution in [0.4, 0.5) is 0 Å². The average molecular weight is 281 g/mol. The predicted molar refractivity (Wildman–Crippen MR) is 73.3 cm³/mol. The highest BCUT2D eigenvalue weighted by Gasteiger charge is 2.26. The first-order valence-electron chi connectivity index (χ1n) is 7.12. The molecule has 2 rings (SSSR count). The number of carboxylic acid groups (broad SMARTS) is 1. The Morgan fingerprint density at radius 3 is 2.85 bits per heavy atom. The van der Waals surface area contributed by atoms with Crippen LogP contribution < -0.4 is 0 Å². The van der Waals surface area contributed by atoms with Gasteiger partial charge in [-0.1, -0.05) is 25.9 Å². The van der Waals surface area contributed by atoms with Crippen molar-refractivity contribution in [1.29, 1.82) is 0 Å². The Morgan fingerprint density at radius 1 is 1.50 bits per heavy atom. The lowest BCUT2D eigenvalue weighted by Gasteiger charge is -2.13. The first kappa shape index (κ1) is 15.0. The predicted octanol–water partition coefficient (Wildman–Crippen LogP) is 2.05. The molecule has 1 N–H and O–H groups in total. The van der Waals surface area contributed by atoms with Crippen molar-refractivity contribution in [3.63, 3.8) is 0 Å². The summed E-state index contributed by atoms with van der Waals surface area (Å²) in [6.07, 6.45) is 2.06. The van der Waals surface area contributed by atoms with Crippen LogP contribution >= 0.6 is 0 Å². The first-order chi connectivity index (χ1) is 9.34. The van der Waals surface area contributed by atoms with Crippen LogP contribution in [0.2, 0.25) is 0 Å². The van der Waals surface area contributed by atoms with E-state index in [9.17, 15) is 4.79 Å². The molecule has 1 fully saturated rings. The fraction of sp³-hybridized carbons (Fsp3) is 0.786. The third-order valence-corrected chi connectivity index (χ3v) is 3.63. The van der Waals surface area contributed by atoms with Crippen LogP contribution in [0.25, 0.3) is 0 Å². The molecule has 0 spiro atoms. The van der Waals surface area contributed by atoms with E-state index in [0.29, 0.717) is 18.4 Å². The van der Waals surface area contributed by atoms with Crippen molar-refractivity contribution in [2.24, 2.45) is 5.92 Å². The molecular formula is C14H23N3O3. The molecule has 112 valence electrons. The minimum atomic E-state index is -0.713. The summed E-state index contributed by atoms with van der Waals surface area (Å²) in [6, 6.07) is 0. The maximum atomic E-state index is 10.6. The van der Waals surface area contributed by atoms with Crippen molar-refractivity contribution in [3.8, 4) is 0 Å². The van der Waals surface area contributed by atoms with Gasteiger partial charge in [-0.3, -0.25) is 9.69 Å². The van der Waals surface area contributed by atoms with Gasteiger partial charge in [0.15, 0.2) is 5.82 Å². The SMILES string of the molecule is CC(C)(C)c1noc(CN2CCC(CCC(=O)O)C2)n1. The topological polar surface area (TPSA) is 79.5 Å². The van der Waals surface area contributed by atoms with E-state index in [1.165, 1.54) is 0 Å². The number of aromatic nitrogens is 2. The van der Waals surface area contributed by atoms with Gasteiger partial charge in [-0.05, 0) is 25.3 Å². The summed E-state index contributed by atoms with van der Waals surface area (Å²) >= 11 is 0. The maximum Gasteiger partial charge on any atom is 0.303 e. The Balaban J connectivity index is 1.83. The van der Waals surface area contributed by atoms with E-state index in [0.717, 1.165) is 31.8 Å². The normalized spacial score (nSPS) is 20.4. The summed E-state index contributed by atoms with van der Waals surface area (Å²) in [5, 5.41) is 12.7. The van der Waals surface area contributed by atoms with Crippen molar-refractivity contribution in [2.45, 2.75) is 52.0 Å². The number of nitrogens with zero attached hydrogens (tertiary/aromatic N) is 3. The van der Waals surface area contributed by atoms with Crippen molar-refractivity contribution in [1.82, 2.24) is 15.0 Å². The lowest BCUT2D eigenvalue weighted by atomic mass is 9.96. The first-order valence-corrected chi connectivity index (χ1v) is 7.12. The summed E-state index contributed by atoms with van der Waals surface area (Å²) in [5.74, 6) is 1.13. The average Bonchev–Trinajstić information content (AvgIpc) is 2.95. The second-order valence-electron chi connectivity index (χ2n) is 6.58. The molecule has 0 aromatic carbocycles. The molecule has 0 aliphatic carbocycles. The van der Waals surface area contributed by atoms with E-state index in [1.54, 1.807) is 0 Å². The summed E-state index contributed by atoms with van der Waals surface area (Å²) in [5.41, 5.74) is -0.100. The summed E-state index contributed by atoms with van der Waals surface area (Å²) in [6.45, 7) is 8.71. The number of carbonyl (C=O) groups is 1. The second-order valence-corrected chi connectivity index (χ2v) is 6.58. The molecule has 1 unspecified atom stereocenters. The lowest BCUT2D eigenvalue weighted by Crippen LogP contribution is -2.21. The van der Waals surface area contributed by atoms with E-state index in [-0.39, 0.29) is 11.8 Å². The monoisotopic (exact) mass is 281 g/mol. The molecule has 0 saturated carbocycles. The van der Waals surface area contributed by atoms with Crippen molar-refractivity contribution in [3.05, 3.63) is 11.7 Å². The highest BCUT2D eigenvalue weighted by atomic mass is 16.5. The molecule has 2 heterocycles. The molecule has 1 aromatic rings. The second kappa shape index (κ2) is 5.91.